The van der Waals surface area contributed by atoms with E-state index >= 15 is 0 Å². The standard InChI is InChI=1S/C11H21N3O2/c1-8(2)13-4-3-9(6-13)14-7-10(5-12)16-11(14)15/h8-10H,3-7,12H2,1-2H3/t9?,10-/m0/s1. The van der Waals surface area contributed by atoms with Crippen molar-refractivity contribution in [2.24, 2.45) is 5.73 Å². The lowest BCUT2D eigenvalue weighted by atomic mass is 10.2. The molecule has 1 unspecified atom stereocenters. The summed E-state index contributed by atoms with van der Waals surface area (Å²) in [7, 11) is 0. The highest BCUT2D eigenvalue weighted by Crippen LogP contribution is 2.22. The molecule has 2 N–H and O–H groups in total. The van der Waals surface area contributed by atoms with E-state index < -0.39 is 0 Å². The molecule has 0 radical (unpaired) electrons. The summed E-state index contributed by atoms with van der Waals surface area (Å²) < 4.78 is 5.17. The Morgan fingerprint density at radius 1 is 1.50 bits per heavy atom. The average molecular weight is 227 g/mol. The minimum absolute atomic E-state index is 0.111. The lowest BCUT2D eigenvalue weighted by molar-refractivity contribution is 0.129. The first-order valence-corrected chi connectivity index (χ1v) is 6.03. The third-order valence-electron chi connectivity index (χ3n) is 3.53. The fourth-order valence-corrected chi connectivity index (χ4v) is 2.45. The number of cyclic esters (lactones) is 1. The SMILES string of the molecule is CC(C)N1CCC(N2C[C@H](CN)OC2=O)C1. The van der Waals surface area contributed by atoms with Crippen LogP contribution in [0.3, 0.4) is 0 Å². The quantitative estimate of drug-likeness (QED) is 0.751. The summed E-state index contributed by atoms with van der Waals surface area (Å²) in [6.07, 6.45) is 0.747. The van der Waals surface area contributed by atoms with Crippen LogP contribution in [0, 0.1) is 0 Å². The topological polar surface area (TPSA) is 58.8 Å². The number of nitrogens with zero attached hydrogens (tertiary/aromatic N) is 2. The van der Waals surface area contributed by atoms with Crippen molar-refractivity contribution in [1.82, 2.24) is 9.80 Å². The molecule has 1 amide bonds. The van der Waals surface area contributed by atoms with Gasteiger partial charge in [-0.1, -0.05) is 0 Å². The molecule has 2 aliphatic rings. The van der Waals surface area contributed by atoms with Gasteiger partial charge in [-0.2, -0.15) is 0 Å². The number of nitrogens with two attached hydrogens (primary N) is 1. The normalized spacial score (nSPS) is 31.5. The second-order valence-electron chi connectivity index (χ2n) is 4.93. The van der Waals surface area contributed by atoms with Crippen LogP contribution in [0.4, 0.5) is 4.79 Å². The van der Waals surface area contributed by atoms with Gasteiger partial charge in [-0.3, -0.25) is 4.90 Å². The molecule has 5 nitrogen and oxygen atoms in total. The van der Waals surface area contributed by atoms with E-state index in [4.69, 9.17) is 10.5 Å². The molecule has 0 bridgehead atoms. The summed E-state index contributed by atoms with van der Waals surface area (Å²) in [4.78, 5) is 15.9. The Morgan fingerprint density at radius 3 is 2.75 bits per heavy atom. The second kappa shape index (κ2) is 4.59. The smallest absolute Gasteiger partial charge is 0.410 e. The third kappa shape index (κ3) is 2.15. The van der Waals surface area contributed by atoms with Crippen molar-refractivity contribution in [3.8, 4) is 0 Å². The molecule has 5 heteroatoms. The van der Waals surface area contributed by atoms with Crippen LogP contribution >= 0.6 is 0 Å². The molecular weight excluding hydrogens is 206 g/mol. The van der Waals surface area contributed by atoms with Crippen molar-refractivity contribution < 1.29 is 9.53 Å². The molecule has 0 aromatic carbocycles. The minimum atomic E-state index is -0.189. The largest absolute Gasteiger partial charge is 0.443 e. The molecule has 2 saturated heterocycles. The fraction of sp³-hybridized carbons (Fsp3) is 0.909. The van der Waals surface area contributed by atoms with Crippen LogP contribution < -0.4 is 5.73 Å². The Kier molecular flexibility index (Phi) is 3.35. The molecule has 92 valence electrons. The van der Waals surface area contributed by atoms with Gasteiger partial charge in [0.15, 0.2) is 0 Å². The lowest BCUT2D eigenvalue weighted by Crippen LogP contribution is -2.40. The van der Waals surface area contributed by atoms with E-state index in [0.29, 0.717) is 25.2 Å². The van der Waals surface area contributed by atoms with Gasteiger partial charge in [0, 0.05) is 31.7 Å². The Morgan fingerprint density at radius 2 is 2.25 bits per heavy atom. The van der Waals surface area contributed by atoms with E-state index in [-0.39, 0.29) is 12.2 Å². The molecule has 2 rings (SSSR count). The Labute approximate surface area is 96.5 Å². The van der Waals surface area contributed by atoms with E-state index in [0.717, 1.165) is 19.5 Å². The fourth-order valence-electron chi connectivity index (χ4n) is 2.45. The van der Waals surface area contributed by atoms with Gasteiger partial charge in [0.2, 0.25) is 0 Å². The number of rotatable bonds is 3. The molecule has 16 heavy (non-hydrogen) atoms. The van der Waals surface area contributed by atoms with Crippen molar-refractivity contribution in [3.05, 3.63) is 0 Å². The highest BCUT2D eigenvalue weighted by Gasteiger charge is 2.38. The van der Waals surface area contributed by atoms with Crippen LogP contribution in [0.1, 0.15) is 20.3 Å². The number of amides is 1. The van der Waals surface area contributed by atoms with Crippen molar-refractivity contribution in [3.63, 3.8) is 0 Å². The lowest BCUT2D eigenvalue weighted by Gasteiger charge is -2.24. The molecular formula is C11H21N3O2. The first-order valence-electron chi connectivity index (χ1n) is 6.03. The van der Waals surface area contributed by atoms with Crippen LogP contribution in [0.25, 0.3) is 0 Å². The summed E-state index contributed by atoms with van der Waals surface area (Å²) in [6.45, 7) is 7.49. The van der Waals surface area contributed by atoms with Gasteiger partial charge in [0.25, 0.3) is 0 Å². The van der Waals surface area contributed by atoms with E-state index in [9.17, 15) is 4.79 Å². The zero-order chi connectivity index (χ0) is 11.7. The van der Waals surface area contributed by atoms with E-state index in [2.05, 4.69) is 18.7 Å². The number of ether oxygens (including phenoxy) is 1. The molecule has 0 spiro atoms. The van der Waals surface area contributed by atoms with Gasteiger partial charge in [-0.25, -0.2) is 4.79 Å². The van der Waals surface area contributed by atoms with E-state index in [1.807, 2.05) is 4.90 Å². The molecule has 0 aromatic rings. The Bertz CT molecular complexity index is 270. The predicted molar refractivity (Wildman–Crippen MR) is 61.1 cm³/mol. The maximum atomic E-state index is 11.6. The zero-order valence-electron chi connectivity index (χ0n) is 10.1. The Balaban J connectivity index is 1.92. The number of carbonyl (C=O) groups excluding carboxylic acids is 1. The Hall–Kier alpha value is -0.810. The molecule has 2 atom stereocenters. The van der Waals surface area contributed by atoms with Gasteiger partial charge in [0.05, 0.1) is 6.54 Å². The highest BCUT2D eigenvalue weighted by atomic mass is 16.6. The maximum Gasteiger partial charge on any atom is 0.410 e. The van der Waals surface area contributed by atoms with Crippen molar-refractivity contribution >= 4 is 6.09 Å². The van der Waals surface area contributed by atoms with Gasteiger partial charge in [-0.15, -0.1) is 0 Å². The monoisotopic (exact) mass is 227 g/mol. The van der Waals surface area contributed by atoms with Gasteiger partial charge in [-0.05, 0) is 20.3 Å². The second-order valence-corrected chi connectivity index (χ2v) is 4.93. The molecule has 2 aliphatic heterocycles. The van der Waals surface area contributed by atoms with Crippen molar-refractivity contribution in [1.29, 1.82) is 0 Å². The van der Waals surface area contributed by atoms with Crippen LogP contribution in [-0.2, 0) is 4.74 Å². The molecule has 2 heterocycles. The summed E-state index contributed by atoms with van der Waals surface area (Å²) in [6, 6.07) is 0.861. The van der Waals surface area contributed by atoms with Crippen LogP contribution in [0.15, 0.2) is 0 Å². The number of hydrogen-bond donors (Lipinski definition) is 1. The van der Waals surface area contributed by atoms with Gasteiger partial charge in [0.1, 0.15) is 6.10 Å². The summed E-state index contributed by atoms with van der Waals surface area (Å²) >= 11 is 0. The average Bonchev–Trinajstić information content (AvgIpc) is 2.83. The number of likely N-dealkylation sites (tertiary alicyclic amines) is 1. The van der Waals surface area contributed by atoms with Crippen molar-refractivity contribution in [2.75, 3.05) is 26.2 Å². The first kappa shape index (κ1) is 11.7. The number of carbonyl (C=O) groups is 1. The van der Waals surface area contributed by atoms with E-state index in [1.54, 1.807) is 0 Å². The minimum Gasteiger partial charge on any atom is -0.443 e. The van der Waals surface area contributed by atoms with Crippen molar-refractivity contribution in [2.45, 2.75) is 38.5 Å². The maximum absolute atomic E-state index is 11.6. The molecule has 0 aliphatic carbocycles. The first-order chi connectivity index (χ1) is 7.61. The number of hydrogen-bond acceptors (Lipinski definition) is 4. The summed E-state index contributed by atoms with van der Waals surface area (Å²) in [5.41, 5.74) is 5.52. The van der Waals surface area contributed by atoms with Crippen LogP contribution in [0.5, 0.6) is 0 Å². The zero-order valence-corrected chi connectivity index (χ0v) is 10.1. The highest BCUT2D eigenvalue weighted by molar-refractivity contribution is 5.70. The molecule has 0 saturated carbocycles. The van der Waals surface area contributed by atoms with Gasteiger partial charge >= 0.3 is 6.09 Å². The van der Waals surface area contributed by atoms with E-state index in [1.165, 1.54) is 0 Å². The summed E-state index contributed by atoms with van der Waals surface area (Å²) in [5.74, 6) is 0. The van der Waals surface area contributed by atoms with Gasteiger partial charge < -0.3 is 15.4 Å². The predicted octanol–water partition coefficient (Wildman–Crippen LogP) is 0.249. The third-order valence-corrected chi connectivity index (χ3v) is 3.53. The van der Waals surface area contributed by atoms with Crippen LogP contribution in [-0.4, -0.2) is 60.3 Å². The summed E-state index contributed by atoms with van der Waals surface area (Å²) in [5, 5.41) is 0. The molecule has 0 aromatic heterocycles. The molecule has 2 fully saturated rings. The van der Waals surface area contributed by atoms with Crippen LogP contribution in [0.2, 0.25) is 0 Å².